The van der Waals surface area contributed by atoms with Gasteiger partial charge in [-0.25, -0.2) is 4.79 Å². The van der Waals surface area contributed by atoms with E-state index in [1.54, 1.807) is 4.90 Å². The molecule has 1 aliphatic rings. The zero-order valence-electron chi connectivity index (χ0n) is 20.1. The van der Waals surface area contributed by atoms with Gasteiger partial charge < -0.3 is 25.8 Å². The predicted octanol–water partition coefficient (Wildman–Crippen LogP) is 2.26. The number of nitrogens with zero attached hydrogens (tertiary/aromatic N) is 1. The summed E-state index contributed by atoms with van der Waals surface area (Å²) in [5.41, 5.74) is 9.62. The zero-order valence-corrected chi connectivity index (χ0v) is 20.1. The van der Waals surface area contributed by atoms with Crippen LogP contribution < -0.4 is 11.1 Å². The van der Waals surface area contributed by atoms with Crippen LogP contribution in [0.25, 0.3) is 0 Å². The summed E-state index contributed by atoms with van der Waals surface area (Å²) in [5.74, 6) is -2.47. The highest BCUT2D eigenvalue weighted by molar-refractivity contribution is 5.88. The normalized spacial score (nSPS) is 19.3. The second-order valence-corrected chi connectivity index (χ2v) is 8.73. The Morgan fingerprint density at radius 1 is 1.00 bits per heavy atom. The van der Waals surface area contributed by atoms with Crippen molar-refractivity contribution < 1.29 is 24.2 Å². The number of carbonyl (C=O) groups excluding carboxylic acids is 2. The fourth-order valence-corrected chi connectivity index (χ4v) is 4.16. The van der Waals surface area contributed by atoms with Crippen molar-refractivity contribution in [3.8, 4) is 0 Å². The van der Waals surface area contributed by atoms with Gasteiger partial charge in [0.1, 0.15) is 0 Å². The van der Waals surface area contributed by atoms with Crippen molar-refractivity contribution in [2.24, 2.45) is 5.73 Å². The number of carbonyl (C=O) groups is 3. The van der Waals surface area contributed by atoms with E-state index >= 15 is 0 Å². The Bertz CT molecular complexity index is 1050. The first-order valence-electron chi connectivity index (χ1n) is 11.8. The molecule has 0 spiro atoms. The average molecular weight is 480 g/mol. The van der Waals surface area contributed by atoms with E-state index in [1.807, 2.05) is 25.1 Å². The number of nitrogens with one attached hydrogen (secondary N) is 1. The third-order valence-electron chi connectivity index (χ3n) is 5.91. The van der Waals surface area contributed by atoms with Crippen LogP contribution in [0.1, 0.15) is 37.0 Å². The molecule has 0 radical (unpaired) electrons. The summed E-state index contributed by atoms with van der Waals surface area (Å²) in [5, 5.41) is 12.0. The third kappa shape index (κ3) is 7.16. The quantitative estimate of drug-likeness (QED) is 0.481. The van der Waals surface area contributed by atoms with Crippen molar-refractivity contribution in [1.29, 1.82) is 0 Å². The van der Waals surface area contributed by atoms with Crippen molar-refractivity contribution in [3.63, 3.8) is 0 Å². The molecule has 0 aliphatic carbocycles. The highest BCUT2D eigenvalue weighted by Crippen LogP contribution is 2.20. The molecule has 0 saturated carbocycles. The molecule has 0 bridgehead atoms. The Kier molecular flexibility index (Phi) is 9.03. The van der Waals surface area contributed by atoms with Crippen LogP contribution in [0.4, 0.5) is 0 Å². The van der Waals surface area contributed by atoms with E-state index in [1.165, 1.54) is 24.1 Å². The van der Waals surface area contributed by atoms with Crippen LogP contribution in [-0.4, -0.2) is 59.1 Å². The zero-order chi connectivity index (χ0) is 25.4. The molecule has 8 heteroatoms. The van der Waals surface area contributed by atoms with Crippen molar-refractivity contribution in [3.05, 3.63) is 83.1 Å². The Hall–Kier alpha value is -3.65. The van der Waals surface area contributed by atoms with Crippen LogP contribution in [0.2, 0.25) is 0 Å². The first-order valence-corrected chi connectivity index (χ1v) is 11.8. The number of rotatable bonds is 10. The lowest BCUT2D eigenvalue weighted by Gasteiger charge is -2.37. The number of nitrogens with two attached hydrogens (primary N) is 1. The molecule has 4 N–H and O–H groups in total. The minimum absolute atomic E-state index is 0.378. The van der Waals surface area contributed by atoms with Crippen molar-refractivity contribution in [1.82, 2.24) is 10.2 Å². The van der Waals surface area contributed by atoms with Crippen LogP contribution in [0.15, 0.2) is 66.4 Å². The lowest BCUT2D eigenvalue weighted by atomic mass is 9.97. The molecule has 3 rings (SSSR count). The molecule has 186 valence electrons. The maximum atomic E-state index is 13.4. The van der Waals surface area contributed by atoms with Gasteiger partial charge in [-0.05, 0) is 42.0 Å². The number of carboxylic acid groups (broad SMARTS) is 1. The highest BCUT2D eigenvalue weighted by atomic mass is 16.5. The van der Waals surface area contributed by atoms with E-state index in [0.717, 1.165) is 12.0 Å². The average Bonchev–Trinajstić information content (AvgIpc) is 2.83. The minimum atomic E-state index is -1.31. The van der Waals surface area contributed by atoms with Crippen LogP contribution in [0, 0.1) is 0 Å². The predicted molar refractivity (Wildman–Crippen MR) is 132 cm³/mol. The van der Waals surface area contributed by atoms with Crippen molar-refractivity contribution in [2.75, 3.05) is 13.1 Å². The van der Waals surface area contributed by atoms with Crippen LogP contribution in [-0.2, 0) is 32.0 Å². The molecule has 1 aliphatic heterocycles. The van der Waals surface area contributed by atoms with Gasteiger partial charge in [0.2, 0.25) is 11.7 Å². The molecule has 2 amide bonds. The molecule has 35 heavy (non-hydrogen) atoms. The molecule has 0 saturated heterocycles. The van der Waals surface area contributed by atoms with Gasteiger partial charge in [0, 0.05) is 20.0 Å². The summed E-state index contributed by atoms with van der Waals surface area (Å²) >= 11 is 0. The number of ether oxygens (including phenoxy) is 1. The SMILES string of the molecule is CCCN(CCc1ccc(Cc2ccccc2)cc1)C(=O)[C@@H]1OC(C(=O)O)=C[C@H](N)[C@H]1NC(C)=O. The second-order valence-electron chi connectivity index (χ2n) is 8.73. The fraction of sp³-hybridized carbons (Fsp3) is 0.370. The summed E-state index contributed by atoms with van der Waals surface area (Å²) in [6.07, 6.45) is 2.19. The largest absolute Gasteiger partial charge is 0.475 e. The van der Waals surface area contributed by atoms with Gasteiger partial charge in [0.15, 0.2) is 6.10 Å². The number of amides is 2. The Morgan fingerprint density at radius 3 is 2.23 bits per heavy atom. The number of carboxylic acids is 1. The summed E-state index contributed by atoms with van der Waals surface area (Å²) in [4.78, 5) is 38.3. The lowest BCUT2D eigenvalue weighted by molar-refractivity contribution is -0.149. The standard InChI is InChI=1S/C27H33N3O5/c1-3-14-30(15-13-19-9-11-21(12-10-19)16-20-7-5-4-6-8-20)26(32)25-24(29-18(2)31)22(28)17-23(35-25)27(33)34/h4-12,17,22,24-25H,3,13-16,28H2,1-2H3,(H,29,31)(H,33,34)/t22-,24+,25+/m0/s1. The highest BCUT2D eigenvalue weighted by Gasteiger charge is 2.41. The third-order valence-corrected chi connectivity index (χ3v) is 5.91. The lowest BCUT2D eigenvalue weighted by Crippen LogP contribution is -2.61. The molecule has 2 aromatic rings. The van der Waals surface area contributed by atoms with Crippen molar-refractivity contribution >= 4 is 17.8 Å². The Balaban J connectivity index is 1.69. The summed E-state index contributed by atoms with van der Waals surface area (Å²) in [7, 11) is 0. The molecular formula is C27H33N3O5. The molecule has 0 aromatic heterocycles. The van der Waals surface area contributed by atoms with E-state index in [0.29, 0.717) is 25.9 Å². The Morgan fingerprint density at radius 2 is 1.63 bits per heavy atom. The van der Waals surface area contributed by atoms with Gasteiger partial charge in [0.25, 0.3) is 5.91 Å². The van der Waals surface area contributed by atoms with Gasteiger partial charge in [-0.2, -0.15) is 0 Å². The van der Waals surface area contributed by atoms with Gasteiger partial charge >= 0.3 is 5.97 Å². The van der Waals surface area contributed by atoms with Gasteiger partial charge in [0.05, 0.1) is 12.1 Å². The number of benzene rings is 2. The van der Waals surface area contributed by atoms with E-state index in [4.69, 9.17) is 10.5 Å². The minimum Gasteiger partial charge on any atom is -0.475 e. The first-order chi connectivity index (χ1) is 16.8. The summed E-state index contributed by atoms with van der Waals surface area (Å²) in [6, 6.07) is 16.8. The smallest absolute Gasteiger partial charge is 0.370 e. The van der Waals surface area contributed by atoms with Crippen molar-refractivity contribution in [2.45, 2.75) is 51.3 Å². The van der Waals surface area contributed by atoms with Crippen LogP contribution in [0.5, 0.6) is 0 Å². The maximum absolute atomic E-state index is 13.4. The molecule has 8 nitrogen and oxygen atoms in total. The Labute approximate surface area is 205 Å². The maximum Gasteiger partial charge on any atom is 0.370 e. The van der Waals surface area contributed by atoms with E-state index in [-0.39, 0.29) is 11.7 Å². The molecular weight excluding hydrogens is 446 g/mol. The molecule has 3 atom stereocenters. The van der Waals surface area contributed by atoms with Gasteiger partial charge in [-0.1, -0.05) is 61.5 Å². The second kappa shape index (κ2) is 12.2. The fourth-order valence-electron chi connectivity index (χ4n) is 4.16. The summed E-state index contributed by atoms with van der Waals surface area (Å²) < 4.78 is 5.52. The summed E-state index contributed by atoms with van der Waals surface area (Å²) in [6.45, 7) is 4.17. The molecule has 1 heterocycles. The topological polar surface area (TPSA) is 122 Å². The van der Waals surface area contributed by atoms with Gasteiger partial charge in [-0.15, -0.1) is 0 Å². The number of aliphatic carboxylic acids is 1. The molecule has 0 fully saturated rings. The molecule has 0 unspecified atom stereocenters. The van der Waals surface area contributed by atoms with E-state index in [9.17, 15) is 19.5 Å². The monoisotopic (exact) mass is 479 g/mol. The van der Waals surface area contributed by atoms with Crippen LogP contribution >= 0.6 is 0 Å². The van der Waals surface area contributed by atoms with Crippen LogP contribution in [0.3, 0.4) is 0 Å². The van der Waals surface area contributed by atoms with E-state index < -0.39 is 30.1 Å². The first kappa shape index (κ1) is 26.0. The van der Waals surface area contributed by atoms with E-state index in [2.05, 4.69) is 41.7 Å². The number of hydrogen-bond donors (Lipinski definition) is 3. The van der Waals surface area contributed by atoms with Gasteiger partial charge in [-0.3, -0.25) is 9.59 Å². The molecule has 2 aromatic carbocycles. The number of hydrogen-bond acceptors (Lipinski definition) is 5.